The minimum Gasteiger partial charge on any atom is -0.488 e. The zero-order chi connectivity index (χ0) is 25.9. The maximum atomic E-state index is 13.3. The molecule has 4 aromatic rings. The Hall–Kier alpha value is -3.98. The van der Waals surface area contributed by atoms with Gasteiger partial charge in [0.1, 0.15) is 5.56 Å². The van der Waals surface area contributed by atoms with E-state index in [9.17, 15) is 4.79 Å². The van der Waals surface area contributed by atoms with Gasteiger partial charge in [0.2, 0.25) is 5.82 Å². The van der Waals surface area contributed by atoms with Gasteiger partial charge in [-0.1, -0.05) is 49.3 Å². The largest absolute Gasteiger partial charge is 0.488 e. The number of hydrogen-bond donors (Lipinski definition) is 0. The zero-order valence-electron chi connectivity index (χ0n) is 21.4. The summed E-state index contributed by atoms with van der Waals surface area (Å²) in [6, 6.07) is 13.2. The van der Waals surface area contributed by atoms with Gasteiger partial charge in [0.25, 0.3) is 11.8 Å². The molecule has 0 fully saturated rings. The molecule has 1 atom stereocenters. The number of benzene rings is 1. The highest BCUT2D eigenvalue weighted by Gasteiger charge is 2.30. The van der Waals surface area contributed by atoms with E-state index in [1.165, 1.54) is 0 Å². The Morgan fingerprint density at radius 3 is 2.65 bits per heavy atom. The number of methoxy groups -OCH3 is 2. The molecule has 1 aromatic carbocycles. The van der Waals surface area contributed by atoms with Gasteiger partial charge in [0, 0.05) is 44.0 Å². The summed E-state index contributed by atoms with van der Waals surface area (Å²) in [4.78, 5) is 22.6. The second kappa shape index (κ2) is 10.6. The van der Waals surface area contributed by atoms with Gasteiger partial charge in [-0.2, -0.15) is 4.98 Å². The molecule has 4 heterocycles. The van der Waals surface area contributed by atoms with Crippen molar-refractivity contribution in [1.82, 2.24) is 19.7 Å². The number of rotatable bonds is 9. The molecule has 9 heteroatoms. The van der Waals surface area contributed by atoms with Crippen LogP contribution in [0.5, 0.6) is 11.6 Å². The number of fused-ring (bicyclic) bond motifs is 3. The van der Waals surface area contributed by atoms with E-state index in [4.69, 9.17) is 23.7 Å². The topological polar surface area (TPSA) is 102 Å². The van der Waals surface area contributed by atoms with Crippen molar-refractivity contribution in [2.45, 2.75) is 32.7 Å². The third-order valence-electron chi connectivity index (χ3n) is 6.54. The number of pyridine rings is 2. The summed E-state index contributed by atoms with van der Waals surface area (Å²) in [7, 11) is 3.23. The number of aromatic nitrogens is 4. The summed E-state index contributed by atoms with van der Waals surface area (Å²) in [5.74, 6) is 1.89. The standard InChI is InChI=1S/C28H30N4O5/c1-17(2)21-13-19-14-24(36-12-8-11-34-3)28(35-4)29-25(19)22-15-23(33)20(16-32(21)22)27-30-26(31-37-27)18-9-6-5-7-10-18/h5-7,9-10,14-17,21H,8,11-13H2,1-4H3. The highest BCUT2D eigenvalue weighted by molar-refractivity contribution is 5.68. The molecule has 5 rings (SSSR count). The van der Waals surface area contributed by atoms with E-state index in [0.29, 0.717) is 41.9 Å². The summed E-state index contributed by atoms with van der Waals surface area (Å²) in [6.07, 6.45) is 3.30. The zero-order valence-corrected chi connectivity index (χ0v) is 21.4. The first-order valence-electron chi connectivity index (χ1n) is 12.4. The van der Waals surface area contributed by atoms with Crippen molar-refractivity contribution in [3.63, 3.8) is 0 Å². The minimum absolute atomic E-state index is 0.0925. The molecule has 0 amide bonds. The van der Waals surface area contributed by atoms with E-state index < -0.39 is 0 Å². The lowest BCUT2D eigenvalue weighted by Crippen LogP contribution is -2.27. The van der Waals surface area contributed by atoms with Crippen molar-refractivity contribution in [3.8, 4) is 45.9 Å². The van der Waals surface area contributed by atoms with Crippen LogP contribution in [-0.2, 0) is 11.2 Å². The average molecular weight is 503 g/mol. The fourth-order valence-corrected chi connectivity index (χ4v) is 4.62. The van der Waals surface area contributed by atoms with Crippen LogP contribution in [0, 0.1) is 5.92 Å². The molecular weight excluding hydrogens is 472 g/mol. The molecule has 9 nitrogen and oxygen atoms in total. The molecule has 1 unspecified atom stereocenters. The molecule has 3 aromatic heterocycles. The van der Waals surface area contributed by atoms with Gasteiger partial charge in [0.15, 0.2) is 11.2 Å². The van der Waals surface area contributed by atoms with E-state index in [2.05, 4.69) is 28.6 Å². The van der Waals surface area contributed by atoms with Crippen LogP contribution in [0.15, 0.2) is 58.0 Å². The van der Waals surface area contributed by atoms with Gasteiger partial charge in [-0.15, -0.1) is 0 Å². The van der Waals surface area contributed by atoms with Crippen LogP contribution in [0.25, 0.3) is 34.2 Å². The van der Waals surface area contributed by atoms with Crippen molar-refractivity contribution < 1.29 is 18.7 Å². The highest BCUT2D eigenvalue weighted by atomic mass is 16.5. The van der Waals surface area contributed by atoms with Crippen molar-refractivity contribution in [2.24, 2.45) is 5.92 Å². The fraction of sp³-hybridized carbons (Fsp3) is 0.357. The SMILES string of the molecule is COCCCOc1cc2c(nc1OC)-c1cc(=O)c(-c3nc(-c4ccccc4)no3)cn1C(C(C)C)C2. The Bertz CT molecular complexity index is 1440. The van der Waals surface area contributed by atoms with Crippen molar-refractivity contribution in [3.05, 3.63) is 64.4 Å². The van der Waals surface area contributed by atoms with E-state index in [-0.39, 0.29) is 23.3 Å². The van der Waals surface area contributed by atoms with E-state index >= 15 is 0 Å². The predicted molar refractivity (Wildman–Crippen MR) is 139 cm³/mol. The van der Waals surface area contributed by atoms with E-state index in [1.807, 2.05) is 42.6 Å². The Morgan fingerprint density at radius 2 is 1.92 bits per heavy atom. The first-order chi connectivity index (χ1) is 18.0. The predicted octanol–water partition coefficient (Wildman–Crippen LogP) is 4.80. The van der Waals surface area contributed by atoms with Gasteiger partial charge in [-0.25, -0.2) is 4.98 Å². The minimum atomic E-state index is -0.217. The molecule has 0 bridgehead atoms. The van der Waals surface area contributed by atoms with E-state index in [0.717, 1.165) is 29.7 Å². The summed E-state index contributed by atoms with van der Waals surface area (Å²) in [5, 5.41) is 4.09. The molecule has 0 radical (unpaired) electrons. The van der Waals surface area contributed by atoms with Crippen LogP contribution in [0.2, 0.25) is 0 Å². The van der Waals surface area contributed by atoms with Crippen molar-refractivity contribution in [1.29, 1.82) is 0 Å². The molecule has 0 N–H and O–H groups in total. The number of nitrogens with zero attached hydrogens (tertiary/aromatic N) is 4. The second-order valence-electron chi connectivity index (χ2n) is 9.35. The molecule has 0 aliphatic carbocycles. The lowest BCUT2D eigenvalue weighted by Gasteiger charge is -2.33. The lowest BCUT2D eigenvalue weighted by atomic mass is 9.89. The summed E-state index contributed by atoms with van der Waals surface area (Å²) in [5.41, 5.74) is 3.40. The smallest absolute Gasteiger partial charge is 0.263 e. The van der Waals surface area contributed by atoms with Crippen LogP contribution in [0.1, 0.15) is 31.9 Å². The number of hydrogen-bond acceptors (Lipinski definition) is 8. The van der Waals surface area contributed by atoms with Gasteiger partial charge in [-0.3, -0.25) is 4.79 Å². The van der Waals surface area contributed by atoms with Crippen LogP contribution in [0.4, 0.5) is 0 Å². The molecule has 1 aliphatic rings. The fourth-order valence-electron chi connectivity index (χ4n) is 4.62. The average Bonchev–Trinajstić information content (AvgIpc) is 3.40. The second-order valence-corrected chi connectivity index (χ2v) is 9.35. The Labute approximate surface area is 215 Å². The molecule has 37 heavy (non-hydrogen) atoms. The first kappa shape index (κ1) is 24.7. The highest BCUT2D eigenvalue weighted by Crippen LogP contribution is 2.41. The maximum Gasteiger partial charge on any atom is 0.263 e. The lowest BCUT2D eigenvalue weighted by molar-refractivity contribution is 0.170. The molecule has 0 saturated heterocycles. The van der Waals surface area contributed by atoms with Gasteiger partial charge < -0.3 is 23.3 Å². The van der Waals surface area contributed by atoms with Gasteiger partial charge in [0.05, 0.1) is 25.1 Å². The summed E-state index contributed by atoms with van der Waals surface area (Å²) in [6.45, 7) is 5.43. The Balaban J connectivity index is 1.56. The van der Waals surface area contributed by atoms with Crippen molar-refractivity contribution in [2.75, 3.05) is 27.4 Å². The van der Waals surface area contributed by atoms with Gasteiger partial charge in [-0.05, 0) is 24.0 Å². The van der Waals surface area contributed by atoms with Gasteiger partial charge >= 0.3 is 0 Å². The summed E-state index contributed by atoms with van der Waals surface area (Å²) >= 11 is 0. The van der Waals surface area contributed by atoms with Crippen LogP contribution in [-0.4, -0.2) is 47.1 Å². The molecule has 1 aliphatic heterocycles. The molecule has 0 spiro atoms. The quantitative estimate of drug-likeness (QED) is 0.301. The normalized spacial score (nSPS) is 14.4. The molecule has 192 valence electrons. The third kappa shape index (κ3) is 4.86. The third-order valence-corrected chi connectivity index (χ3v) is 6.54. The Kier molecular flexibility index (Phi) is 7.05. The van der Waals surface area contributed by atoms with Crippen LogP contribution in [0.3, 0.4) is 0 Å². The van der Waals surface area contributed by atoms with Crippen LogP contribution >= 0.6 is 0 Å². The first-order valence-corrected chi connectivity index (χ1v) is 12.4. The monoisotopic (exact) mass is 502 g/mol. The molecule has 0 saturated carbocycles. The molecular formula is C28H30N4O5. The maximum absolute atomic E-state index is 13.3. The van der Waals surface area contributed by atoms with E-state index in [1.54, 1.807) is 20.3 Å². The van der Waals surface area contributed by atoms with Crippen LogP contribution < -0.4 is 14.9 Å². The number of ether oxygens (including phenoxy) is 3. The van der Waals surface area contributed by atoms with Crippen molar-refractivity contribution >= 4 is 0 Å². The summed E-state index contributed by atoms with van der Waals surface area (Å²) < 4.78 is 24.2. The Morgan fingerprint density at radius 1 is 1.11 bits per heavy atom.